The van der Waals surface area contributed by atoms with Crippen LogP contribution in [0.5, 0.6) is 0 Å². The van der Waals surface area contributed by atoms with Gasteiger partial charge in [-0.25, -0.2) is 4.98 Å². The molecular weight excluding hydrogens is 334 g/mol. The third kappa shape index (κ3) is 4.30. The van der Waals surface area contributed by atoms with Crippen molar-refractivity contribution in [2.75, 3.05) is 5.32 Å². The van der Waals surface area contributed by atoms with E-state index in [1.54, 1.807) is 0 Å². The summed E-state index contributed by atoms with van der Waals surface area (Å²) in [6, 6.07) is 18.7. The molecule has 0 fully saturated rings. The molecule has 0 aliphatic rings. The van der Waals surface area contributed by atoms with E-state index < -0.39 is 17.9 Å². The maximum absolute atomic E-state index is 12.4. The van der Waals surface area contributed by atoms with Crippen LogP contribution in [0.3, 0.4) is 0 Å². The lowest BCUT2D eigenvalue weighted by atomic mass is 9.99. The number of nitrogens with zero attached hydrogens (tertiary/aromatic N) is 1. The van der Waals surface area contributed by atoms with Gasteiger partial charge in [-0.2, -0.15) is 0 Å². The van der Waals surface area contributed by atoms with Gasteiger partial charge >= 0.3 is 11.8 Å². The number of nitrogens with one attached hydrogen (secondary N) is 2. The van der Waals surface area contributed by atoms with Gasteiger partial charge in [0, 0.05) is 5.38 Å². The molecule has 0 bridgehead atoms. The quantitative estimate of drug-likeness (QED) is 0.709. The predicted molar refractivity (Wildman–Crippen MR) is 98.4 cm³/mol. The molecule has 0 saturated carbocycles. The topological polar surface area (TPSA) is 71.1 Å². The molecule has 0 radical (unpaired) electrons. The van der Waals surface area contributed by atoms with Crippen molar-refractivity contribution in [3.8, 4) is 0 Å². The second kappa shape index (κ2) is 7.72. The second-order valence-electron chi connectivity index (χ2n) is 5.48. The molecule has 0 aliphatic carbocycles. The Hall–Kier alpha value is -2.99. The van der Waals surface area contributed by atoms with Gasteiger partial charge < -0.3 is 5.32 Å². The van der Waals surface area contributed by atoms with Gasteiger partial charge in [0.05, 0.1) is 11.7 Å². The third-order valence-electron chi connectivity index (χ3n) is 3.59. The molecule has 1 heterocycles. The highest BCUT2D eigenvalue weighted by atomic mass is 32.1. The van der Waals surface area contributed by atoms with E-state index in [-0.39, 0.29) is 0 Å². The van der Waals surface area contributed by atoms with Crippen LogP contribution in [0.15, 0.2) is 66.0 Å². The minimum absolute atomic E-state index is 0.404. The Labute approximate surface area is 149 Å². The second-order valence-corrected chi connectivity index (χ2v) is 6.33. The Morgan fingerprint density at radius 3 is 1.96 bits per heavy atom. The molecule has 6 heteroatoms. The van der Waals surface area contributed by atoms with Crippen molar-refractivity contribution in [1.82, 2.24) is 10.3 Å². The summed E-state index contributed by atoms with van der Waals surface area (Å²) >= 11 is 1.28. The first-order valence-corrected chi connectivity index (χ1v) is 8.65. The Morgan fingerprint density at radius 2 is 1.48 bits per heavy atom. The van der Waals surface area contributed by atoms with Crippen molar-refractivity contribution in [1.29, 1.82) is 0 Å². The SMILES string of the molecule is Cc1csc(NC(=O)C(=O)NC(c2ccccc2)c2ccccc2)n1. The number of hydrogen-bond donors (Lipinski definition) is 2. The van der Waals surface area contributed by atoms with Gasteiger partial charge in [0.15, 0.2) is 5.13 Å². The Kier molecular flexibility index (Phi) is 5.20. The standard InChI is InChI=1S/C19H17N3O2S/c1-13-12-25-19(20-13)22-18(24)17(23)21-16(14-8-4-2-5-9-14)15-10-6-3-7-11-15/h2-12,16H,1H3,(H,21,23)(H,20,22,24). The molecule has 2 N–H and O–H groups in total. The molecule has 1 aromatic heterocycles. The molecule has 5 nitrogen and oxygen atoms in total. The van der Waals surface area contributed by atoms with Crippen molar-refractivity contribution in [3.05, 3.63) is 82.9 Å². The van der Waals surface area contributed by atoms with Gasteiger partial charge in [0.2, 0.25) is 0 Å². The van der Waals surface area contributed by atoms with Crippen molar-refractivity contribution in [3.63, 3.8) is 0 Å². The van der Waals surface area contributed by atoms with Gasteiger partial charge in [0.25, 0.3) is 0 Å². The summed E-state index contributed by atoms with van der Waals surface area (Å²) in [4.78, 5) is 28.7. The number of aromatic nitrogens is 1. The number of anilines is 1. The van der Waals surface area contributed by atoms with Gasteiger partial charge in [-0.15, -0.1) is 11.3 Å². The molecule has 3 rings (SSSR count). The maximum Gasteiger partial charge on any atom is 0.315 e. The Balaban J connectivity index is 1.78. The largest absolute Gasteiger partial charge is 0.337 e. The van der Waals surface area contributed by atoms with Crippen LogP contribution >= 0.6 is 11.3 Å². The highest BCUT2D eigenvalue weighted by Gasteiger charge is 2.22. The molecular formula is C19H17N3O2S. The van der Waals surface area contributed by atoms with E-state index in [1.807, 2.05) is 73.0 Å². The van der Waals surface area contributed by atoms with Crippen molar-refractivity contribution >= 4 is 28.3 Å². The van der Waals surface area contributed by atoms with Gasteiger partial charge in [-0.05, 0) is 18.1 Å². The maximum atomic E-state index is 12.4. The average Bonchev–Trinajstić information content (AvgIpc) is 3.05. The number of carbonyl (C=O) groups excluding carboxylic acids is 2. The summed E-state index contributed by atoms with van der Waals surface area (Å²) in [6.45, 7) is 1.83. The Bertz CT molecular complexity index is 823. The highest BCUT2D eigenvalue weighted by Crippen LogP contribution is 2.22. The summed E-state index contributed by atoms with van der Waals surface area (Å²) in [5.74, 6) is -1.43. The van der Waals surface area contributed by atoms with Gasteiger partial charge in [0.1, 0.15) is 0 Å². The first kappa shape index (κ1) is 16.9. The van der Waals surface area contributed by atoms with Crippen molar-refractivity contribution in [2.45, 2.75) is 13.0 Å². The summed E-state index contributed by atoms with van der Waals surface area (Å²) in [5, 5.41) is 7.55. The van der Waals surface area contributed by atoms with Crippen LogP contribution in [0.2, 0.25) is 0 Å². The fourth-order valence-corrected chi connectivity index (χ4v) is 3.10. The fourth-order valence-electron chi connectivity index (χ4n) is 2.41. The lowest BCUT2D eigenvalue weighted by molar-refractivity contribution is -0.136. The molecule has 0 aliphatic heterocycles. The molecule has 2 amide bonds. The van der Waals surface area contributed by atoms with E-state index in [4.69, 9.17) is 0 Å². The lowest BCUT2D eigenvalue weighted by Gasteiger charge is -2.19. The minimum atomic E-state index is -0.730. The smallest absolute Gasteiger partial charge is 0.315 e. The summed E-state index contributed by atoms with van der Waals surface area (Å²) in [7, 11) is 0. The van der Waals surface area contributed by atoms with E-state index in [2.05, 4.69) is 15.6 Å². The van der Waals surface area contributed by atoms with E-state index in [1.165, 1.54) is 11.3 Å². The Morgan fingerprint density at radius 1 is 0.920 bits per heavy atom. The van der Waals surface area contributed by atoms with E-state index >= 15 is 0 Å². The number of carbonyl (C=O) groups is 2. The molecule has 126 valence electrons. The van der Waals surface area contributed by atoms with E-state index in [0.29, 0.717) is 5.13 Å². The van der Waals surface area contributed by atoms with Gasteiger partial charge in [-0.3, -0.25) is 14.9 Å². The number of aryl methyl sites for hydroxylation is 1. The first-order chi connectivity index (χ1) is 12.1. The predicted octanol–water partition coefficient (Wildman–Crippen LogP) is 3.30. The zero-order chi connectivity index (χ0) is 17.6. The van der Waals surface area contributed by atoms with Crippen molar-refractivity contribution < 1.29 is 9.59 Å². The summed E-state index contributed by atoms with van der Waals surface area (Å²) in [6.07, 6.45) is 0. The molecule has 0 saturated heterocycles. The van der Waals surface area contributed by atoms with E-state index in [0.717, 1.165) is 16.8 Å². The van der Waals surface area contributed by atoms with Crippen LogP contribution in [-0.2, 0) is 9.59 Å². The number of rotatable bonds is 4. The molecule has 25 heavy (non-hydrogen) atoms. The molecule has 0 spiro atoms. The van der Waals surface area contributed by atoms with Gasteiger partial charge in [-0.1, -0.05) is 60.7 Å². The molecule has 2 aromatic carbocycles. The number of thiazole rings is 1. The number of benzene rings is 2. The minimum Gasteiger partial charge on any atom is -0.337 e. The van der Waals surface area contributed by atoms with Crippen LogP contribution in [0, 0.1) is 6.92 Å². The summed E-state index contributed by atoms with van der Waals surface area (Å²) < 4.78 is 0. The van der Waals surface area contributed by atoms with Crippen molar-refractivity contribution in [2.24, 2.45) is 0 Å². The zero-order valence-corrected chi connectivity index (χ0v) is 14.4. The van der Waals surface area contributed by atoms with Crippen LogP contribution in [0.25, 0.3) is 0 Å². The zero-order valence-electron chi connectivity index (χ0n) is 13.6. The molecule has 0 unspecified atom stereocenters. The lowest BCUT2D eigenvalue weighted by Crippen LogP contribution is -2.38. The normalized spacial score (nSPS) is 10.5. The molecule has 0 atom stereocenters. The third-order valence-corrected chi connectivity index (χ3v) is 4.46. The number of hydrogen-bond acceptors (Lipinski definition) is 4. The average molecular weight is 351 g/mol. The van der Waals surface area contributed by atoms with Crippen LogP contribution in [-0.4, -0.2) is 16.8 Å². The van der Waals surface area contributed by atoms with Crippen LogP contribution in [0.1, 0.15) is 22.9 Å². The summed E-state index contributed by atoms with van der Waals surface area (Å²) in [5.41, 5.74) is 2.60. The van der Waals surface area contributed by atoms with Crippen LogP contribution in [0.4, 0.5) is 5.13 Å². The molecule has 3 aromatic rings. The highest BCUT2D eigenvalue weighted by molar-refractivity contribution is 7.14. The van der Waals surface area contributed by atoms with E-state index in [9.17, 15) is 9.59 Å². The monoisotopic (exact) mass is 351 g/mol. The first-order valence-electron chi connectivity index (χ1n) is 7.77. The fraction of sp³-hybridized carbons (Fsp3) is 0.105. The van der Waals surface area contributed by atoms with Crippen LogP contribution < -0.4 is 10.6 Å². The number of amides is 2.